The van der Waals surface area contributed by atoms with Gasteiger partial charge in [0.15, 0.2) is 0 Å². The minimum atomic E-state index is -4.01. The van der Waals surface area contributed by atoms with Gasteiger partial charge in [-0.15, -0.1) is 10.2 Å². The number of nitrogens with zero attached hydrogens (tertiary/aromatic N) is 3. The molecule has 0 aliphatic rings. The molecule has 1 aromatic heterocycles. The molecule has 0 aromatic carbocycles. The first kappa shape index (κ1) is 21.0. The monoisotopic (exact) mass is 497 g/mol. The average Bonchev–Trinajstić information content (AvgIpc) is 2.36. The van der Waals surface area contributed by atoms with Crippen LogP contribution < -0.4 is 68.6 Å². The van der Waals surface area contributed by atoms with E-state index in [1.54, 1.807) is 0 Å². The van der Waals surface area contributed by atoms with Crippen LogP contribution in [0, 0.1) is 0 Å². The van der Waals surface area contributed by atoms with Crippen LogP contribution >= 0.6 is 0 Å². The number of rotatable bonds is 0. The number of halogens is 2. The molecule has 0 aliphatic heterocycles. The number of hydrogen-bond donors (Lipinski definition) is 1. The van der Waals surface area contributed by atoms with E-state index in [1.165, 1.54) is 17.3 Å². The Morgan fingerprint density at radius 3 is 1.13 bits per heavy atom. The summed E-state index contributed by atoms with van der Waals surface area (Å²) >= 11 is -8.03. The minimum absolute atomic E-state index is 0. The SMILES string of the molecule is Nn1cnnc1.[Cu+2].[O-][I+2]([O-])[O-].[O-][I+2]([O-])[O-]. The van der Waals surface area contributed by atoms with Gasteiger partial charge >= 0.3 is 17.1 Å². The van der Waals surface area contributed by atoms with Crippen molar-refractivity contribution >= 4 is 0 Å². The summed E-state index contributed by atoms with van der Waals surface area (Å²) in [6.45, 7) is 0. The Labute approximate surface area is 112 Å². The number of aromatic nitrogens is 3. The van der Waals surface area contributed by atoms with E-state index >= 15 is 0 Å². The summed E-state index contributed by atoms with van der Waals surface area (Å²) in [4.78, 5) is 0. The van der Waals surface area contributed by atoms with Gasteiger partial charge < -0.3 is 26.5 Å². The Bertz CT molecular complexity index is 188. The second kappa shape index (κ2) is 14.7. The summed E-state index contributed by atoms with van der Waals surface area (Å²) in [5, 5.41) is 6.82. The van der Waals surface area contributed by atoms with Gasteiger partial charge in [-0.05, 0) is 0 Å². The minimum Gasteiger partial charge on any atom is -0.427 e. The first-order chi connectivity index (χ1) is 6.36. The van der Waals surface area contributed by atoms with E-state index in [4.69, 9.17) is 26.5 Å². The van der Waals surface area contributed by atoms with Crippen LogP contribution in [0.25, 0.3) is 0 Å². The van der Waals surface area contributed by atoms with Gasteiger partial charge in [-0.2, -0.15) is 0 Å². The van der Waals surface area contributed by atoms with E-state index in [0.717, 1.165) is 0 Å². The first-order valence-electron chi connectivity index (χ1n) is 2.42. The van der Waals surface area contributed by atoms with Gasteiger partial charge in [-0.1, -0.05) is 0 Å². The summed E-state index contributed by atoms with van der Waals surface area (Å²) in [5.74, 6) is 5.07. The topological polar surface area (TPSA) is 195 Å². The zero-order valence-electron chi connectivity index (χ0n) is 6.58. The largest absolute Gasteiger partial charge is 2.00 e. The van der Waals surface area contributed by atoms with Gasteiger partial charge in [0.25, 0.3) is 42.1 Å². The van der Waals surface area contributed by atoms with E-state index in [1.807, 2.05) is 0 Å². The molecular weight excluding hydrogens is 493 g/mol. The standard InChI is InChI=1S/C2H4N4.Cu.2IO3/c3-6-1-4-5-2-6;;2*2-1(3)4/h1-2H,3H2;;;/q;+2;2*-1. The number of hydrogen-bond acceptors (Lipinski definition) is 9. The van der Waals surface area contributed by atoms with Crippen LogP contribution in [0.1, 0.15) is 0 Å². The van der Waals surface area contributed by atoms with E-state index in [9.17, 15) is 0 Å². The van der Waals surface area contributed by atoms with Crippen LogP contribution in [0.5, 0.6) is 0 Å². The molecule has 93 valence electrons. The van der Waals surface area contributed by atoms with Crippen LogP contribution in [0.15, 0.2) is 12.7 Å². The van der Waals surface area contributed by atoms with Crippen molar-refractivity contribution in [3.63, 3.8) is 0 Å². The van der Waals surface area contributed by atoms with Gasteiger partial charge in [-0.3, -0.25) is 0 Å². The fourth-order valence-corrected chi connectivity index (χ4v) is 0.209. The predicted molar refractivity (Wildman–Crippen MR) is 20.2 cm³/mol. The molecule has 0 fully saturated rings. The maximum Gasteiger partial charge on any atom is 2.00 e. The molecule has 2 N–H and O–H groups in total. The quantitative estimate of drug-likeness (QED) is 0.206. The van der Waals surface area contributed by atoms with Crippen molar-refractivity contribution in [3.05, 3.63) is 12.7 Å². The molecule has 0 saturated carbocycles. The maximum absolute atomic E-state index is 8.57. The predicted octanol–water partition coefficient (Wildman–Crippen LogP) is -14.1. The summed E-state index contributed by atoms with van der Waals surface area (Å²) in [7, 11) is 0. The molecule has 1 aromatic rings. The Morgan fingerprint density at radius 2 is 1.07 bits per heavy atom. The van der Waals surface area contributed by atoms with Crippen molar-refractivity contribution in [3.8, 4) is 0 Å². The van der Waals surface area contributed by atoms with Crippen molar-refractivity contribution in [2.75, 3.05) is 5.84 Å². The van der Waals surface area contributed by atoms with Gasteiger partial charge in [0.1, 0.15) is 12.7 Å². The molecule has 0 atom stereocenters. The van der Waals surface area contributed by atoms with E-state index in [-0.39, 0.29) is 17.1 Å². The van der Waals surface area contributed by atoms with Crippen LogP contribution in [0.3, 0.4) is 0 Å². The van der Waals surface area contributed by atoms with Crippen LogP contribution in [-0.2, 0) is 17.1 Å². The second-order valence-electron chi connectivity index (χ2n) is 1.29. The van der Waals surface area contributed by atoms with Crippen LogP contribution in [-0.4, -0.2) is 14.9 Å². The number of nitrogens with two attached hydrogens (primary N) is 1. The van der Waals surface area contributed by atoms with Gasteiger partial charge in [0.2, 0.25) is 0 Å². The molecule has 13 heteroatoms. The van der Waals surface area contributed by atoms with Crippen molar-refractivity contribution in [2.45, 2.75) is 0 Å². The third-order valence-electron chi connectivity index (χ3n) is 0.437. The van der Waals surface area contributed by atoms with Gasteiger partial charge in [0, 0.05) is 0 Å². The molecule has 0 unspecified atom stereocenters. The molecule has 10 nitrogen and oxygen atoms in total. The summed E-state index contributed by atoms with van der Waals surface area (Å²) < 4.78 is 52.7. The normalized spacial score (nSPS) is 8.27. The summed E-state index contributed by atoms with van der Waals surface area (Å²) in [6, 6.07) is 0. The zero-order valence-corrected chi connectivity index (χ0v) is 11.8. The Hall–Kier alpha value is 0.679. The molecular formula is C2H4CuI2N4O6. The van der Waals surface area contributed by atoms with Crippen LogP contribution in [0.2, 0.25) is 0 Å². The van der Waals surface area contributed by atoms with Crippen molar-refractivity contribution < 1.29 is 79.8 Å². The summed E-state index contributed by atoms with van der Waals surface area (Å²) in [6.07, 6.45) is 2.83. The van der Waals surface area contributed by atoms with E-state index < -0.39 is 42.1 Å². The fraction of sp³-hybridized carbons (Fsp3) is 0. The third-order valence-corrected chi connectivity index (χ3v) is 0.437. The van der Waals surface area contributed by atoms with Crippen molar-refractivity contribution in [1.82, 2.24) is 14.9 Å². The molecule has 0 saturated heterocycles. The van der Waals surface area contributed by atoms with E-state index in [2.05, 4.69) is 10.2 Å². The number of nitrogen functional groups attached to an aromatic ring is 1. The Kier molecular flexibility index (Phi) is 20.6. The first-order valence-corrected chi connectivity index (χ1v) is 7.70. The maximum atomic E-state index is 8.57. The fourth-order valence-electron chi connectivity index (χ4n) is 0.209. The Morgan fingerprint density at radius 1 is 0.867 bits per heavy atom. The van der Waals surface area contributed by atoms with Crippen molar-refractivity contribution in [1.29, 1.82) is 0 Å². The second-order valence-corrected chi connectivity index (χ2v) is 3.44. The van der Waals surface area contributed by atoms with Gasteiger partial charge in [-0.25, -0.2) is 4.68 Å². The van der Waals surface area contributed by atoms with E-state index in [0.29, 0.717) is 0 Å². The molecule has 15 heavy (non-hydrogen) atoms. The van der Waals surface area contributed by atoms with Gasteiger partial charge in [0.05, 0.1) is 0 Å². The molecule has 0 amide bonds. The van der Waals surface area contributed by atoms with Crippen LogP contribution in [0.4, 0.5) is 0 Å². The Balaban J connectivity index is -0.000000145. The van der Waals surface area contributed by atoms with Crippen molar-refractivity contribution in [2.24, 2.45) is 0 Å². The molecule has 0 aliphatic carbocycles. The summed E-state index contributed by atoms with van der Waals surface area (Å²) in [5.41, 5.74) is 0. The molecule has 1 rings (SSSR count). The molecule has 0 spiro atoms. The molecule has 1 heterocycles. The average molecular weight is 497 g/mol. The zero-order chi connectivity index (χ0) is 11.6. The smallest absolute Gasteiger partial charge is 0.427 e. The third kappa shape index (κ3) is 40.0. The molecule has 1 radical (unpaired) electrons. The molecule has 0 bridgehead atoms.